The van der Waals surface area contributed by atoms with E-state index in [4.69, 9.17) is 10.8 Å². The van der Waals surface area contributed by atoms with Gasteiger partial charge in [-0.2, -0.15) is 0 Å². The number of anilines is 1. The molecule has 0 bridgehead atoms. The van der Waals surface area contributed by atoms with E-state index in [2.05, 4.69) is 10.2 Å². The number of aliphatic carboxylic acids is 1. The molecule has 14 heavy (non-hydrogen) atoms. The number of rotatable bonds is 4. The number of carboxylic acids is 1. The smallest absolute Gasteiger partial charge is 0.309 e. The molecule has 0 aliphatic heterocycles. The Morgan fingerprint density at radius 3 is 2.71 bits per heavy atom. The fourth-order valence-corrected chi connectivity index (χ4v) is 2.30. The number of aromatic nitrogens is 2. The molecule has 1 aromatic rings. The van der Waals surface area contributed by atoms with E-state index in [1.807, 2.05) is 0 Å². The maximum absolute atomic E-state index is 10.8. The number of carboxylic acid groups (broad SMARTS) is 1. The quantitative estimate of drug-likeness (QED) is 0.762. The summed E-state index contributed by atoms with van der Waals surface area (Å²) in [5.41, 5.74) is 4.63. The van der Waals surface area contributed by atoms with E-state index >= 15 is 0 Å². The van der Waals surface area contributed by atoms with Gasteiger partial charge in [0.1, 0.15) is 0 Å². The van der Waals surface area contributed by atoms with E-state index in [0.717, 1.165) is 0 Å². The first-order valence-electron chi connectivity index (χ1n) is 3.87. The Balaban J connectivity index is 2.52. The van der Waals surface area contributed by atoms with Crippen molar-refractivity contribution >= 4 is 34.2 Å². The highest BCUT2D eigenvalue weighted by Crippen LogP contribution is 2.30. The lowest BCUT2D eigenvalue weighted by Gasteiger charge is -2.16. The van der Waals surface area contributed by atoms with Crippen molar-refractivity contribution in [2.45, 2.75) is 18.2 Å². The van der Waals surface area contributed by atoms with Crippen LogP contribution in [0.2, 0.25) is 0 Å². The lowest BCUT2D eigenvalue weighted by molar-refractivity contribution is -0.145. The van der Waals surface area contributed by atoms with Gasteiger partial charge in [0.05, 0.1) is 5.41 Å². The molecule has 0 radical (unpaired) electrons. The van der Waals surface area contributed by atoms with Crippen molar-refractivity contribution in [2.75, 3.05) is 11.5 Å². The molecule has 1 rings (SSSR count). The number of nitrogen functional groups attached to an aromatic ring is 1. The zero-order valence-electron chi connectivity index (χ0n) is 7.85. The SMILES string of the molecule is CC(C)(CSc1nnc(N)s1)C(=O)O. The summed E-state index contributed by atoms with van der Waals surface area (Å²) < 4.78 is 0.705. The monoisotopic (exact) mass is 233 g/mol. The lowest BCUT2D eigenvalue weighted by atomic mass is 9.97. The van der Waals surface area contributed by atoms with Gasteiger partial charge in [-0.3, -0.25) is 4.79 Å². The number of hydrogen-bond donors (Lipinski definition) is 2. The zero-order chi connectivity index (χ0) is 10.8. The van der Waals surface area contributed by atoms with Crippen LogP contribution in [0.3, 0.4) is 0 Å². The Kier molecular flexibility index (Phi) is 3.33. The van der Waals surface area contributed by atoms with Crippen LogP contribution < -0.4 is 5.73 Å². The summed E-state index contributed by atoms with van der Waals surface area (Å²) >= 11 is 2.63. The second-order valence-electron chi connectivity index (χ2n) is 3.38. The minimum absolute atomic E-state index is 0.403. The fourth-order valence-electron chi connectivity index (χ4n) is 0.583. The molecular formula is C7H11N3O2S2. The molecule has 0 unspecified atom stereocenters. The third kappa shape index (κ3) is 2.85. The predicted octanol–water partition coefficient (Wildman–Crippen LogP) is 1.32. The molecule has 0 saturated heterocycles. The van der Waals surface area contributed by atoms with Crippen molar-refractivity contribution in [3.63, 3.8) is 0 Å². The normalized spacial score (nSPS) is 11.6. The number of thioether (sulfide) groups is 1. The van der Waals surface area contributed by atoms with E-state index in [0.29, 0.717) is 15.2 Å². The molecule has 1 heterocycles. The lowest BCUT2D eigenvalue weighted by Crippen LogP contribution is -2.26. The minimum Gasteiger partial charge on any atom is -0.481 e. The predicted molar refractivity (Wildman–Crippen MR) is 56.5 cm³/mol. The van der Waals surface area contributed by atoms with Crippen LogP contribution in [0.1, 0.15) is 13.8 Å². The van der Waals surface area contributed by atoms with Gasteiger partial charge in [0.15, 0.2) is 4.34 Å². The number of nitrogens with two attached hydrogens (primary N) is 1. The first kappa shape index (κ1) is 11.3. The van der Waals surface area contributed by atoms with Crippen LogP contribution in [0.15, 0.2) is 4.34 Å². The molecule has 5 nitrogen and oxygen atoms in total. The molecule has 0 fully saturated rings. The summed E-state index contributed by atoms with van der Waals surface area (Å²) in [7, 11) is 0. The van der Waals surface area contributed by atoms with Crippen LogP contribution in [0.4, 0.5) is 5.13 Å². The second-order valence-corrected chi connectivity index (χ2v) is 5.62. The average Bonchev–Trinajstić information content (AvgIpc) is 2.48. The molecule has 1 aromatic heterocycles. The van der Waals surface area contributed by atoms with Crippen molar-refractivity contribution in [1.82, 2.24) is 10.2 Å². The summed E-state index contributed by atoms with van der Waals surface area (Å²) in [6.07, 6.45) is 0. The first-order valence-corrected chi connectivity index (χ1v) is 5.67. The molecule has 0 aliphatic carbocycles. The van der Waals surface area contributed by atoms with Gasteiger partial charge < -0.3 is 10.8 Å². The molecule has 78 valence electrons. The maximum atomic E-state index is 10.8. The van der Waals surface area contributed by atoms with Crippen molar-refractivity contribution < 1.29 is 9.90 Å². The van der Waals surface area contributed by atoms with Crippen molar-refractivity contribution in [1.29, 1.82) is 0 Å². The number of hydrogen-bond acceptors (Lipinski definition) is 6. The van der Waals surface area contributed by atoms with Gasteiger partial charge in [0, 0.05) is 5.75 Å². The van der Waals surface area contributed by atoms with Gasteiger partial charge in [-0.1, -0.05) is 23.1 Å². The molecule has 0 spiro atoms. The highest BCUT2D eigenvalue weighted by molar-refractivity contribution is 8.01. The molecule has 3 N–H and O–H groups in total. The highest BCUT2D eigenvalue weighted by Gasteiger charge is 2.27. The van der Waals surface area contributed by atoms with Crippen LogP contribution >= 0.6 is 23.1 Å². The van der Waals surface area contributed by atoms with E-state index in [9.17, 15) is 4.79 Å². The van der Waals surface area contributed by atoms with Crippen LogP contribution in [0, 0.1) is 5.41 Å². The number of nitrogens with zero attached hydrogens (tertiary/aromatic N) is 2. The molecule has 7 heteroatoms. The topological polar surface area (TPSA) is 89.1 Å². The van der Waals surface area contributed by atoms with E-state index < -0.39 is 11.4 Å². The van der Waals surface area contributed by atoms with Gasteiger partial charge >= 0.3 is 5.97 Å². The summed E-state index contributed by atoms with van der Waals surface area (Å²) in [5, 5.41) is 16.7. The van der Waals surface area contributed by atoms with Crippen LogP contribution in [0.25, 0.3) is 0 Å². The van der Waals surface area contributed by atoms with E-state index in [-0.39, 0.29) is 0 Å². The van der Waals surface area contributed by atoms with Gasteiger partial charge in [-0.25, -0.2) is 0 Å². The molecular weight excluding hydrogens is 222 g/mol. The molecule has 0 saturated carbocycles. The third-order valence-corrected chi connectivity index (χ3v) is 3.90. The van der Waals surface area contributed by atoms with Gasteiger partial charge in [-0.05, 0) is 13.8 Å². The molecule has 0 amide bonds. The molecule has 0 atom stereocenters. The fraction of sp³-hybridized carbons (Fsp3) is 0.571. The Bertz CT molecular complexity index is 337. The molecule has 0 aliphatic rings. The van der Waals surface area contributed by atoms with Gasteiger partial charge in [0.25, 0.3) is 0 Å². The van der Waals surface area contributed by atoms with Crippen LogP contribution in [-0.2, 0) is 4.79 Å². The van der Waals surface area contributed by atoms with Crippen LogP contribution in [-0.4, -0.2) is 27.0 Å². The van der Waals surface area contributed by atoms with Crippen molar-refractivity contribution in [2.24, 2.45) is 5.41 Å². The van der Waals surface area contributed by atoms with E-state index in [1.165, 1.54) is 23.1 Å². The Morgan fingerprint density at radius 1 is 1.64 bits per heavy atom. The Hall–Kier alpha value is -0.820. The first-order chi connectivity index (χ1) is 6.42. The van der Waals surface area contributed by atoms with Crippen molar-refractivity contribution in [3.8, 4) is 0 Å². The molecule has 0 aromatic carbocycles. The maximum Gasteiger partial charge on any atom is 0.309 e. The standard InChI is InChI=1S/C7H11N3O2S2/c1-7(2,4(11)12)3-13-6-10-9-5(8)14-6/h3H2,1-2H3,(H2,8,9)(H,11,12). The van der Waals surface area contributed by atoms with Crippen LogP contribution in [0.5, 0.6) is 0 Å². The Labute approximate surface area is 89.7 Å². The van der Waals surface area contributed by atoms with Gasteiger partial charge in [0.2, 0.25) is 5.13 Å². The van der Waals surface area contributed by atoms with Gasteiger partial charge in [-0.15, -0.1) is 10.2 Å². The summed E-state index contributed by atoms with van der Waals surface area (Å²) in [4.78, 5) is 10.8. The Morgan fingerprint density at radius 2 is 2.29 bits per heavy atom. The van der Waals surface area contributed by atoms with Crippen molar-refractivity contribution in [3.05, 3.63) is 0 Å². The highest BCUT2D eigenvalue weighted by atomic mass is 32.2. The largest absolute Gasteiger partial charge is 0.481 e. The summed E-state index contributed by atoms with van der Waals surface area (Å²) in [5.74, 6) is -0.362. The zero-order valence-corrected chi connectivity index (χ0v) is 9.48. The third-order valence-electron chi connectivity index (χ3n) is 1.56. The summed E-state index contributed by atoms with van der Waals surface area (Å²) in [6.45, 7) is 3.35. The summed E-state index contributed by atoms with van der Waals surface area (Å²) in [6, 6.07) is 0. The average molecular weight is 233 g/mol. The van der Waals surface area contributed by atoms with E-state index in [1.54, 1.807) is 13.8 Å². The number of carbonyl (C=O) groups is 1. The second kappa shape index (κ2) is 4.14. The minimum atomic E-state index is -0.817.